The highest BCUT2D eigenvalue weighted by atomic mass is 35.5. The van der Waals surface area contributed by atoms with E-state index in [9.17, 15) is 4.39 Å². The lowest BCUT2D eigenvalue weighted by Gasteiger charge is -2.24. The molecule has 0 amide bonds. The molecule has 0 aliphatic carbocycles. The van der Waals surface area contributed by atoms with Crippen LogP contribution in [0.15, 0.2) is 42.5 Å². The summed E-state index contributed by atoms with van der Waals surface area (Å²) in [5.41, 5.74) is 3.22. The summed E-state index contributed by atoms with van der Waals surface area (Å²) < 4.78 is 13.2. The van der Waals surface area contributed by atoms with Crippen LogP contribution in [0.3, 0.4) is 0 Å². The van der Waals surface area contributed by atoms with E-state index in [-0.39, 0.29) is 15.8 Å². The zero-order valence-corrected chi connectivity index (χ0v) is 14.0. The summed E-state index contributed by atoms with van der Waals surface area (Å²) in [5, 5.41) is -0.233. The Morgan fingerprint density at radius 1 is 1.05 bits per heavy atom. The van der Waals surface area contributed by atoms with Crippen molar-refractivity contribution in [1.29, 1.82) is 0 Å². The van der Waals surface area contributed by atoms with Crippen LogP contribution in [-0.4, -0.2) is 0 Å². The molecule has 112 valence electrons. The molecule has 1 atom stereocenters. The highest BCUT2D eigenvalue weighted by Crippen LogP contribution is 2.33. The van der Waals surface area contributed by atoms with Crippen molar-refractivity contribution in [2.45, 2.75) is 38.0 Å². The van der Waals surface area contributed by atoms with Gasteiger partial charge in [-0.1, -0.05) is 62.7 Å². The van der Waals surface area contributed by atoms with E-state index in [1.54, 1.807) is 12.1 Å². The third-order valence-corrected chi connectivity index (χ3v) is 4.90. The van der Waals surface area contributed by atoms with Crippen LogP contribution >= 0.6 is 23.2 Å². The minimum absolute atomic E-state index is 0.0990. The lowest BCUT2D eigenvalue weighted by molar-refractivity contribution is 0.506. The summed E-state index contributed by atoms with van der Waals surface area (Å²) in [6.07, 6.45) is 1.07. The van der Waals surface area contributed by atoms with E-state index < -0.39 is 5.82 Å². The second-order valence-corrected chi connectivity index (χ2v) is 6.74. The molecule has 21 heavy (non-hydrogen) atoms. The molecule has 0 bridgehead atoms. The first-order valence-corrected chi connectivity index (χ1v) is 7.86. The first kappa shape index (κ1) is 16.3. The summed E-state index contributed by atoms with van der Waals surface area (Å²) in [7, 11) is 0. The lowest BCUT2D eigenvalue weighted by atomic mass is 9.82. The molecular formula is C18H19Cl2F. The minimum Gasteiger partial charge on any atom is -0.205 e. The van der Waals surface area contributed by atoms with Crippen LogP contribution in [-0.2, 0) is 5.41 Å². The Morgan fingerprint density at radius 3 is 2.14 bits per heavy atom. The number of halogens is 3. The number of rotatable bonds is 4. The molecule has 0 nitrogen and oxygen atoms in total. The van der Waals surface area contributed by atoms with E-state index in [2.05, 4.69) is 32.9 Å². The third-order valence-electron chi connectivity index (χ3n) is 4.11. The average molecular weight is 325 g/mol. The molecular weight excluding hydrogens is 306 g/mol. The Labute approximate surface area is 135 Å². The van der Waals surface area contributed by atoms with Crippen molar-refractivity contribution in [3.63, 3.8) is 0 Å². The van der Waals surface area contributed by atoms with Crippen LogP contribution in [0.2, 0.25) is 5.02 Å². The normalized spacial score (nSPS) is 13.2. The van der Waals surface area contributed by atoms with Gasteiger partial charge in [0.2, 0.25) is 0 Å². The van der Waals surface area contributed by atoms with Crippen molar-refractivity contribution in [2.24, 2.45) is 0 Å². The highest BCUT2D eigenvalue weighted by Gasteiger charge is 2.19. The van der Waals surface area contributed by atoms with Gasteiger partial charge in [0.25, 0.3) is 0 Å². The van der Waals surface area contributed by atoms with Crippen LogP contribution in [0.1, 0.15) is 49.3 Å². The van der Waals surface area contributed by atoms with Crippen molar-refractivity contribution in [1.82, 2.24) is 0 Å². The monoisotopic (exact) mass is 324 g/mol. The van der Waals surface area contributed by atoms with E-state index in [0.29, 0.717) is 0 Å². The Kier molecular flexibility index (Phi) is 4.95. The molecule has 0 aliphatic rings. The molecule has 0 radical (unpaired) electrons. The van der Waals surface area contributed by atoms with Gasteiger partial charge in [-0.2, -0.15) is 0 Å². The standard InChI is InChI=1S/C18H19Cl2F/c1-4-18(2,3)14-8-5-12(6-9-14)17(20)13-7-10-16(21)15(19)11-13/h5-11,17H,4H2,1-3H3. The smallest absolute Gasteiger partial charge is 0.141 e. The molecule has 0 aromatic heterocycles. The van der Waals surface area contributed by atoms with Crippen molar-refractivity contribution in [3.05, 3.63) is 70.0 Å². The van der Waals surface area contributed by atoms with Gasteiger partial charge in [-0.3, -0.25) is 0 Å². The van der Waals surface area contributed by atoms with Gasteiger partial charge in [0.1, 0.15) is 5.82 Å². The second kappa shape index (κ2) is 6.37. The third kappa shape index (κ3) is 3.59. The van der Waals surface area contributed by atoms with E-state index in [1.807, 2.05) is 12.1 Å². The fraction of sp³-hybridized carbons (Fsp3) is 0.333. The number of hydrogen-bond donors (Lipinski definition) is 0. The van der Waals surface area contributed by atoms with E-state index in [1.165, 1.54) is 11.6 Å². The Balaban J connectivity index is 2.27. The molecule has 0 spiro atoms. The molecule has 0 N–H and O–H groups in total. The Hall–Kier alpha value is -1.05. The molecule has 0 heterocycles. The van der Waals surface area contributed by atoms with E-state index in [4.69, 9.17) is 23.2 Å². The fourth-order valence-electron chi connectivity index (χ4n) is 2.17. The molecule has 0 saturated carbocycles. The van der Waals surface area contributed by atoms with Crippen molar-refractivity contribution < 1.29 is 4.39 Å². The summed E-state index contributed by atoms with van der Waals surface area (Å²) >= 11 is 12.3. The second-order valence-electron chi connectivity index (χ2n) is 5.90. The van der Waals surface area contributed by atoms with E-state index >= 15 is 0 Å². The van der Waals surface area contributed by atoms with Crippen LogP contribution in [0, 0.1) is 5.82 Å². The van der Waals surface area contributed by atoms with Crippen molar-refractivity contribution in [3.8, 4) is 0 Å². The van der Waals surface area contributed by atoms with Crippen molar-refractivity contribution in [2.75, 3.05) is 0 Å². The maximum Gasteiger partial charge on any atom is 0.141 e. The topological polar surface area (TPSA) is 0 Å². The van der Waals surface area contributed by atoms with Gasteiger partial charge in [0, 0.05) is 0 Å². The molecule has 2 aromatic rings. The predicted octanol–water partition coefficient (Wildman–Crippen LogP) is 6.49. The van der Waals surface area contributed by atoms with Gasteiger partial charge in [-0.25, -0.2) is 4.39 Å². The molecule has 1 unspecified atom stereocenters. The van der Waals surface area contributed by atoms with Crippen LogP contribution in [0.25, 0.3) is 0 Å². The summed E-state index contributed by atoms with van der Waals surface area (Å²) in [5.74, 6) is -0.427. The number of hydrogen-bond acceptors (Lipinski definition) is 0. The van der Waals surface area contributed by atoms with E-state index in [0.717, 1.165) is 17.5 Å². The largest absolute Gasteiger partial charge is 0.205 e. The van der Waals surface area contributed by atoms with Gasteiger partial charge >= 0.3 is 0 Å². The molecule has 2 aromatic carbocycles. The zero-order valence-electron chi connectivity index (χ0n) is 12.5. The van der Waals surface area contributed by atoms with Gasteiger partial charge in [0.05, 0.1) is 10.4 Å². The maximum absolute atomic E-state index is 13.2. The molecule has 3 heteroatoms. The highest BCUT2D eigenvalue weighted by molar-refractivity contribution is 6.31. The molecule has 2 rings (SSSR count). The Morgan fingerprint density at radius 2 is 1.62 bits per heavy atom. The number of benzene rings is 2. The number of alkyl halides is 1. The van der Waals surface area contributed by atoms with Crippen molar-refractivity contribution >= 4 is 23.2 Å². The predicted molar refractivity (Wildman–Crippen MR) is 88.9 cm³/mol. The van der Waals surface area contributed by atoms with Gasteiger partial charge in [-0.05, 0) is 40.7 Å². The quantitative estimate of drug-likeness (QED) is 0.563. The van der Waals surface area contributed by atoms with Crippen LogP contribution in [0.5, 0.6) is 0 Å². The summed E-state index contributed by atoms with van der Waals surface area (Å²) in [6.45, 7) is 6.62. The average Bonchev–Trinajstić information content (AvgIpc) is 2.49. The zero-order chi connectivity index (χ0) is 15.6. The minimum atomic E-state index is -0.427. The lowest BCUT2D eigenvalue weighted by Crippen LogP contribution is -2.15. The first-order chi connectivity index (χ1) is 9.85. The van der Waals surface area contributed by atoms with Gasteiger partial charge in [-0.15, -0.1) is 11.6 Å². The SMILES string of the molecule is CCC(C)(C)c1ccc(C(Cl)c2ccc(F)c(Cl)c2)cc1. The van der Waals surface area contributed by atoms with Gasteiger partial charge < -0.3 is 0 Å². The Bertz CT molecular complexity index is 618. The van der Waals surface area contributed by atoms with Crippen LogP contribution in [0.4, 0.5) is 4.39 Å². The summed E-state index contributed by atoms with van der Waals surface area (Å²) in [6, 6.07) is 12.9. The fourth-order valence-corrected chi connectivity index (χ4v) is 2.64. The van der Waals surface area contributed by atoms with Gasteiger partial charge in [0.15, 0.2) is 0 Å². The van der Waals surface area contributed by atoms with Crippen LogP contribution < -0.4 is 0 Å². The maximum atomic E-state index is 13.2. The first-order valence-electron chi connectivity index (χ1n) is 7.04. The molecule has 0 aliphatic heterocycles. The molecule has 0 fully saturated rings. The molecule has 0 saturated heterocycles. The summed E-state index contributed by atoms with van der Waals surface area (Å²) in [4.78, 5) is 0.